The van der Waals surface area contributed by atoms with E-state index in [4.69, 9.17) is 9.94 Å². The van der Waals surface area contributed by atoms with Crippen molar-refractivity contribution in [2.24, 2.45) is 0 Å². The maximum atomic E-state index is 11.0. The Labute approximate surface area is 147 Å². The lowest BCUT2D eigenvalue weighted by atomic mass is 10.2. The van der Waals surface area contributed by atoms with E-state index in [1.54, 1.807) is 31.4 Å². The number of nitrogens with one attached hydrogen (secondary N) is 2. The molecule has 0 amide bonds. The molecule has 3 aromatic rings. The standard InChI is InChI=1S/C16H15N5O3S/c1-24-13-5-3-2-4-12(13)14-17-18-16-20(14)19-15(25-16)10-6-8-11(9-7-10)21(22)23/h2-9,15,19,21-22H,1H3/t15-/m1/s1. The van der Waals surface area contributed by atoms with Gasteiger partial charge < -0.3 is 15.4 Å². The minimum atomic E-state index is -0.936. The van der Waals surface area contributed by atoms with Crippen LogP contribution in [0.15, 0.2) is 53.7 Å². The fourth-order valence-electron chi connectivity index (χ4n) is 2.66. The molecule has 0 fully saturated rings. The van der Waals surface area contributed by atoms with Crippen LogP contribution in [0, 0.1) is 5.21 Å². The van der Waals surface area contributed by atoms with Crippen molar-refractivity contribution in [2.75, 3.05) is 12.5 Å². The van der Waals surface area contributed by atoms with Crippen LogP contribution in [0.5, 0.6) is 5.75 Å². The Morgan fingerprint density at radius 2 is 1.96 bits per heavy atom. The van der Waals surface area contributed by atoms with E-state index in [9.17, 15) is 5.21 Å². The Kier molecular flexibility index (Phi) is 4.06. The zero-order valence-electron chi connectivity index (χ0n) is 13.2. The SMILES string of the molecule is COc1ccccc1-c1nnc2n1N[C@@H](c1ccc([NH+]([O-])O)cc1)S2. The van der Waals surface area contributed by atoms with Crippen LogP contribution in [-0.4, -0.2) is 27.2 Å². The number of thioether (sulfide) groups is 1. The van der Waals surface area contributed by atoms with Crippen LogP contribution in [0.2, 0.25) is 0 Å². The third kappa shape index (κ3) is 2.83. The van der Waals surface area contributed by atoms with Crippen molar-refractivity contribution in [3.63, 3.8) is 0 Å². The second kappa shape index (κ2) is 6.37. The molecule has 4 rings (SSSR count). The van der Waals surface area contributed by atoms with Crippen molar-refractivity contribution in [3.05, 3.63) is 59.3 Å². The van der Waals surface area contributed by atoms with Crippen LogP contribution in [0.3, 0.4) is 0 Å². The number of hydrogen-bond donors (Lipinski definition) is 3. The van der Waals surface area contributed by atoms with Gasteiger partial charge in [0.2, 0.25) is 5.16 Å². The smallest absolute Gasteiger partial charge is 0.212 e. The molecule has 0 radical (unpaired) electrons. The van der Waals surface area contributed by atoms with Crippen molar-refractivity contribution >= 4 is 17.4 Å². The number of quaternary nitrogens is 1. The number of benzene rings is 2. The van der Waals surface area contributed by atoms with Crippen molar-refractivity contribution in [1.82, 2.24) is 14.9 Å². The molecule has 3 N–H and O–H groups in total. The van der Waals surface area contributed by atoms with Crippen LogP contribution < -0.4 is 15.4 Å². The summed E-state index contributed by atoms with van der Waals surface area (Å²) in [6.45, 7) is 0. The average molecular weight is 357 g/mol. The lowest BCUT2D eigenvalue weighted by Crippen LogP contribution is -2.99. The molecule has 0 saturated carbocycles. The molecule has 128 valence electrons. The summed E-state index contributed by atoms with van der Waals surface area (Å²) in [5.74, 6) is 1.39. The van der Waals surface area contributed by atoms with Gasteiger partial charge in [0.15, 0.2) is 11.5 Å². The summed E-state index contributed by atoms with van der Waals surface area (Å²) in [6, 6.07) is 14.4. The van der Waals surface area contributed by atoms with Crippen molar-refractivity contribution in [1.29, 1.82) is 0 Å². The van der Waals surface area contributed by atoms with Gasteiger partial charge in [-0.1, -0.05) is 23.9 Å². The third-order valence-corrected chi connectivity index (χ3v) is 5.00. The summed E-state index contributed by atoms with van der Waals surface area (Å²) >= 11 is 1.52. The molecule has 9 heteroatoms. The predicted octanol–water partition coefficient (Wildman–Crippen LogP) is 1.71. The quantitative estimate of drug-likeness (QED) is 0.611. The van der Waals surface area contributed by atoms with Crippen LogP contribution in [-0.2, 0) is 0 Å². The fourth-order valence-corrected chi connectivity index (χ4v) is 3.65. The number of para-hydroxylation sites is 1. The van der Waals surface area contributed by atoms with E-state index in [2.05, 4.69) is 15.6 Å². The second-order valence-electron chi connectivity index (χ2n) is 5.40. The van der Waals surface area contributed by atoms with E-state index in [1.807, 2.05) is 28.9 Å². The van der Waals surface area contributed by atoms with Crippen LogP contribution in [0.25, 0.3) is 11.4 Å². The van der Waals surface area contributed by atoms with Gasteiger partial charge in [0, 0.05) is 12.1 Å². The number of rotatable bonds is 4. The normalized spacial score (nSPS) is 17.0. The number of fused-ring (bicyclic) bond motifs is 1. The van der Waals surface area contributed by atoms with Crippen molar-refractivity contribution in [2.45, 2.75) is 10.5 Å². The first-order valence-electron chi connectivity index (χ1n) is 7.52. The number of hydrogen-bond acceptors (Lipinski definition) is 7. The number of nitrogens with zero attached hydrogens (tertiary/aromatic N) is 3. The van der Waals surface area contributed by atoms with Gasteiger partial charge in [-0.3, -0.25) is 0 Å². The van der Waals surface area contributed by atoms with Gasteiger partial charge in [-0.15, -0.1) is 10.2 Å². The van der Waals surface area contributed by atoms with E-state index in [0.29, 0.717) is 5.82 Å². The van der Waals surface area contributed by atoms with Gasteiger partial charge in [-0.25, -0.2) is 9.88 Å². The summed E-state index contributed by atoms with van der Waals surface area (Å²) in [5, 5.41) is 28.2. The zero-order valence-corrected chi connectivity index (χ0v) is 14.0. The minimum Gasteiger partial charge on any atom is -0.595 e. The summed E-state index contributed by atoms with van der Waals surface area (Å²) in [4.78, 5) is 0. The van der Waals surface area contributed by atoms with E-state index in [1.165, 1.54) is 11.8 Å². The number of methoxy groups -OCH3 is 1. The molecular weight excluding hydrogens is 342 g/mol. The Balaban J connectivity index is 1.63. The molecule has 8 nitrogen and oxygen atoms in total. The first-order chi connectivity index (χ1) is 12.2. The van der Waals surface area contributed by atoms with Crippen LogP contribution in [0.1, 0.15) is 10.9 Å². The first kappa shape index (κ1) is 15.9. The monoisotopic (exact) mass is 357 g/mol. The molecule has 2 aromatic carbocycles. The zero-order chi connectivity index (χ0) is 17.4. The molecule has 0 spiro atoms. The average Bonchev–Trinajstić information content (AvgIpc) is 3.22. The summed E-state index contributed by atoms with van der Waals surface area (Å²) < 4.78 is 7.24. The molecule has 2 heterocycles. The summed E-state index contributed by atoms with van der Waals surface area (Å²) in [5.41, 5.74) is 5.42. The highest BCUT2D eigenvalue weighted by atomic mass is 32.2. The Morgan fingerprint density at radius 3 is 2.68 bits per heavy atom. The molecule has 1 aliphatic rings. The Bertz CT molecular complexity index is 897. The number of aromatic nitrogens is 3. The van der Waals surface area contributed by atoms with Gasteiger partial charge in [-0.2, -0.15) is 5.23 Å². The van der Waals surface area contributed by atoms with Gasteiger partial charge in [0.05, 0.1) is 12.7 Å². The molecule has 25 heavy (non-hydrogen) atoms. The molecule has 1 aliphatic heterocycles. The first-order valence-corrected chi connectivity index (χ1v) is 8.40. The molecule has 0 saturated heterocycles. The van der Waals surface area contributed by atoms with Gasteiger partial charge in [-0.05, 0) is 29.8 Å². The van der Waals surface area contributed by atoms with E-state index >= 15 is 0 Å². The molecule has 2 atom stereocenters. The fraction of sp³-hybridized carbons (Fsp3) is 0.125. The molecular formula is C16H15N5O3S. The summed E-state index contributed by atoms with van der Waals surface area (Å²) in [6.07, 6.45) is 0. The second-order valence-corrected chi connectivity index (χ2v) is 6.47. The molecule has 1 unspecified atom stereocenters. The van der Waals surface area contributed by atoms with Crippen LogP contribution in [0.4, 0.5) is 5.69 Å². The van der Waals surface area contributed by atoms with Gasteiger partial charge in [0.25, 0.3) is 0 Å². The highest BCUT2D eigenvalue weighted by Crippen LogP contribution is 2.41. The summed E-state index contributed by atoms with van der Waals surface area (Å²) in [7, 11) is 1.62. The molecule has 0 aliphatic carbocycles. The highest BCUT2D eigenvalue weighted by Gasteiger charge is 2.29. The lowest BCUT2D eigenvalue weighted by Gasteiger charge is -2.15. The molecule has 0 bridgehead atoms. The maximum absolute atomic E-state index is 11.0. The van der Waals surface area contributed by atoms with Crippen LogP contribution >= 0.6 is 11.8 Å². The van der Waals surface area contributed by atoms with Gasteiger partial charge >= 0.3 is 0 Å². The van der Waals surface area contributed by atoms with Gasteiger partial charge in [0.1, 0.15) is 11.1 Å². The predicted molar refractivity (Wildman–Crippen MR) is 92.2 cm³/mol. The van der Waals surface area contributed by atoms with E-state index in [-0.39, 0.29) is 11.1 Å². The maximum Gasteiger partial charge on any atom is 0.212 e. The number of ether oxygens (including phenoxy) is 1. The highest BCUT2D eigenvalue weighted by molar-refractivity contribution is 7.99. The topological polar surface area (TPSA) is 99.7 Å². The Morgan fingerprint density at radius 1 is 1.20 bits per heavy atom. The minimum absolute atomic E-state index is 0.0678. The van der Waals surface area contributed by atoms with E-state index in [0.717, 1.165) is 22.0 Å². The van der Waals surface area contributed by atoms with E-state index < -0.39 is 5.23 Å². The lowest BCUT2D eigenvalue weighted by molar-refractivity contribution is -0.991. The Hall–Kier alpha value is -2.59. The third-order valence-electron chi connectivity index (χ3n) is 3.91. The largest absolute Gasteiger partial charge is 0.595 e. The van der Waals surface area contributed by atoms with Crippen molar-refractivity contribution < 1.29 is 15.2 Å². The molecule has 1 aromatic heterocycles. The van der Waals surface area contributed by atoms with Crippen molar-refractivity contribution in [3.8, 4) is 17.1 Å².